The van der Waals surface area contributed by atoms with E-state index in [9.17, 15) is 26.7 Å². The lowest BCUT2D eigenvalue weighted by atomic mass is 9.80. The summed E-state index contributed by atoms with van der Waals surface area (Å²) in [5, 5.41) is 11.1. The zero-order chi connectivity index (χ0) is 32.6. The molecule has 0 saturated carbocycles. The maximum Gasteiger partial charge on any atom is 0.338 e. The summed E-state index contributed by atoms with van der Waals surface area (Å²) in [5.41, 5.74) is 0.450. The van der Waals surface area contributed by atoms with Gasteiger partial charge in [-0.25, -0.2) is 14.8 Å². The van der Waals surface area contributed by atoms with Gasteiger partial charge < -0.3 is 19.0 Å². The van der Waals surface area contributed by atoms with Gasteiger partial charge in [0.2, 0.25) is 0 Å². The summed E-state index contributed by atoms with van der Waals surface area (Å²) in [6.07, 6.45) is 6.20. The van der Waals surface area contributed by atoms with Crippen LogP contribution >= 0.6 is 0 Å². The van der Waals surface area contributed by atoms with E-state index in [4.69, 9.17) is 4.74 Å². The molecular formula is C30H34N6O7S2. The molecule has 5 rings (SSSR count). The summed E-state index contributed by atoms with van der Waals surface area (Å²) < 4.78 is 65.5. The number of esters is 1. The Hall–Kier alpha value is -4.63. The molecule has 3 N–H and O–H groups in total. The normalized spacial score (nSPS) is 18.0. The molecular weight excluding hydrogens is 620 g/mol. The minimum atomic E-state index is -3.97. The van der Waals surface area contributed by atoms with Crippen molar-refractivity contribution >= 4 is 37.4 Å². The highest BCUT2D eigenvalue weighted by molar-refractivity contribution is 7.93. The van der Waals surface area contributed by atoms with Gasteiger partial charge in [0, 0.05) is 50.2 Å². The molecule has 2 aromatic heterocycles. The number of hydrogen-bond acceptors (Lipinski definition) is 9. The molecule has 2 unspecified atom stereocenters. The molecule has 15 heteroatoms. The lowest BCUT2D eigenvalue weighted by Crippen LogP contribution is -2.38. The number of anilines is 2. The van der Waals surface area contributed by atoms with Gasteiger partial charge >= 0.3 is 5.97 Å². The predicted molar refractivity (Wildman–Crippen MR) is 166 cm³/mol. The Morgan fingerprint density at radius 3 is 1.96 bits per heavy atom. The van der Waals surface area contributed by atoms with Crippen LogP contribution < -0.4 is 9.44 Å². The molecule has 1 aliphatic rings. The minimum absolute atomic E-state index is 0.0382. The Morgan fingerprint density at radius 2 is 1.47 bits per heavy atom. The molecule has 0 spiro atoms. The molecule has 0 aliphatic carbocycles. The second kappa shape index (κ2) is 12.0. The standard InChI is InChI=1S/C30H34N6O7S2/c1-5-24(20-9-7-11-22(13-20)33-44(39,40)26-16-35(3)18-31-26)28-25(37)15-30(6-2,43-29(28)38)21-10-8-12-23(14-21)34-45(41,42)27-17-36(4)19-32-27/h7-14,16-19,24,33-34,37H,5-6,15H2,1-4H3. The van der Waals surface area contributed by atoms with Crippen molar-refractivity contribution in [2.45, 2.75) is 54.7 Å². The Bertz CT molecular complexity index is 2000. The monoisotopic (exact) mass is 654 g/mol. The second-order valence-corrected chi connectivity index (χ2v) is 14.2. The molecule has 0 amide bonds. The SMILES string of the molecule is CCC(C1=C(O)CC(CC)(c2cccc(NS(=O)(=O)c3cn(C)cn3)c2)OC1=O)c1cccc(NS(=O)(=O)c2cn(C)cn2)c1. The molecule has 2 atom stereocenters. The van der Waals surface area contributed by atoms with Crippen molar-refractivity contribution < 1.29 is 31.5 Å². The van der Waals surface area contributed by atoms with Gasteiger partial charge in [-0.1, -0.05) is 38.1 Å². The molecule has 0 radical (unpaired) electrons. The van der Waals surface area contributed by atoms with Crippen molar-refractivity contribution in [3.8, 4) is 0 Å². The number of ether oxygens (including phenoxy) is 1. The van der Waals surface area contributed by atoms with Gasteiger partial charge in [-0.15, -0.1) is 0 Å². The highest BCUT2D eigenvalue weighted by Gasteiger charge is 2.44. The van der Waals surface area contributed by atoms with E-state index in [0.29, 0.717) is 24.0 Å². The number of aryl methyl sites for hydroxylation is 2. The van der Waals surface area contributed by atoms with Crippen LogP contribution in [-0.4, -0.2) is 47.0 Å². The lowest BCUT2D eigenvalue weighted by molar-refractivity contribution is -0.161. The third kappa shape index (κ3) is 6.44. The summed E-state index contributed by atoms with van der Waals surface area (Å²) >= 11 is 0. The third-order valence-electron chi connectivity index (χ3n) is 7.69. The van der Waals surface area contributed by atoms with E-state index in [2.05, 4.69) is 19.4 Å². The first kappa shape index (κ1) is 31.8. The molecule has 0 bridgehead atoms. The molecule has 13 nitrogen and oxygen atoms in total. The highest BCUT2D eigenvalue weighted by Crippen LogP contribution is 2.45. The number of carbonyl (C=O) groups excluding carboxylic acids is 1. The number of aliphatic hydroxyl groups excluding tert-OH is 1. The zero-order valence-corrected chi connectivity index (χ0v) is 26.8. The number of rotatable bonds is 11. The minimum Gasteiger partial charge on any atom is -0.512 e. The van der Waals surface area contributed by atoms with Crippen LogP contribution in [-0.2, 0) is 49.3 Å². The molecule has 238 valence electrons. The van der Waals surface area contributed by atoms with Gasteiger partial charge in [0.25, 0.3) is 20.0 Å². The highest BCUT2D eigenvalue weighted by atomic mass is 32.2. The number of nitrogens with one attached hydrogen (secondary N) is 2. The van der Waals surface area contributed by atoms with E-state index in [1.165, 1.54) is 34.2 Å². The van der Waals surface area contributed by atoms with Crippen LogP contribution in [0.5, 0.6) is 0 Å². The first-order valence-corrected chi connectivity index (χ1v) is 17.1. The molecule has 3 heterocycles. The van der Waals surface area contributed by atoms with Crippen molar-refractivity contribution in [1.29, 1.82) is 0 Å². The number of imidazole rings is 2. The zero-order valence-electron chi connectivity index (χ0n) is 25.1. The molecule has 2 aromatic carbocycles. The number of benzene rings is 2. The lowest BCUT2D eigenvalue weighted by Gasteiger charge is -2.38. The fourth-order valence-corrected chi connectivity index (χ4v) is 7.48. The summed E-state index contributed by atoms with van der Waals surface area (Å²) in [6, 6.07) is 13.1. The predicted octanol–water partition coefficient (Wildman–Crippen LogP) is 4.31. The molecule has 45 heavy (non-hydrogen) atoms. The van der Waals surface area contributed by atoms with Crippen LogP contribution in [0.1, 0.15) is 50.2 Å². The van der Waals surface area contributed by atoms with Crippen molar-refractivity contribution in [3.63, 3.8) is 0 Å². The Labute approximate surface area is 261 Å². The smallest absolute Gasteiger partial charge is 0.338 e. The number of hydrogen-bond donors (Lipinski definition) is 3. The number of cyclic esters (lactones) is 1. The van der Waals surface area contributed by atoms with E-state index in [1.807, 2.05) is 13.8 Å². The van der Waals surface area contributed by atoms with Crippen LogP contribution in [0.25, 0.3) is 0 Å². The van der Waals surface area contributed by atoms with Gasteiger partial charge in [-0.05, 0) is 48.2 Å². The van der Waals surface area contributed by atoms with Crippen molar-refractivity contribution in [3.05, 3.63) is 96.0 Å². The van der Waals surface area contributed by atoms with Crippen LogP contribution in [0.3, 0.4) is 0 Å². The summed E-state index contributed by atoms with van der Waals surface area (Å²) in [7, 11) is -4.59. The van der Waals surface area contributed by atoms with Gasteiger partial charge in [0.05, 0.1) is 18.2 Å². The second-order valence-electron chi connectivity index (χ2n) is 10.9. The topological polar surface area (TPSA) is 175 Å². The quantitative estimate of drug-likeness (QED) is 0.199. The molecule has 0 fully saturated rings. The van der Waals surface area contributed by atoms with Crippen LogP contribution in [0.2, 0.25) is 0 Å². The van der Waals surface area contributed by atoms with Crippen LogP contribution in [0.4, 0.5) is 11.4 Å². The van der Waals surface area contributed by atoms with Crippen molar-refractivity contribution in [2.24, 2.45) is 14.1 Å². The summed E-state index contributed by atoms with van der Waals surface area (Å²) in [6.45, 7) is 3.66. The number of aromatic nitrogens is 4. The van der Waals surface area contributed by atoms with Gasteiger partial charge in [-0.3, -0.25) is 9.44 Å². The number of nitrogens with zero attached hydrogens (tertiary/aromatic N) is 4. The van der Waals surface area contributed by atoms with E-state index in [1.54, 1.807) is 62.6 Å². The number of aliphatic hydroxyl groups is 1. The Kier molecular flexibility index (Phi) is 8.51. The molecule has 4 aromatic rings. The average molecular weight is 655 g/mol. The molecule has 1 aliphatic heterocycles. The fourth-order valence-electron chi connectivity index (χ4n) is 5.42. The maximum atomic E-state index is 13.6. The first-order valence-electron chi connectivity index (χ1n) is 14.1. The summed E-state index contributed by atoms with van der Waals surface area (Å²) in [5.74, 6) is -1.46. The third-order valence-corrected chi connectivity index (χ3v) is 10.2. The van der Waals surface area contributed by atoms with Gasteiger partial charge in [-0.2, -0.15) is 16.8 Å². The van der Waals surface area contributed by atoms with E-state index < -0.39 is 37.5 Å². The van der Waals surface area contributed by atoms with E-state index >= 15 is 0 Å². The molecule has 0 saturated heterocycles. The van der Waals surface area contributed by atoms with E-state index in [-0.39, 0.29) is 39.2 Å². The van der Waals surface area contributed by atoms with Crippen LogP contribution in [0, 0.1) is 0 Å². The fraction of sp³-hybridized carbons (Fsp3) is 0.300. The van der Waals surface area contributed by atoms with Crippen molar-refractivity contribution in [1.82, 2.24) is 19.1 Å². The summed E-state index contributed by atoms with van der Waals surface area (Å²) in [4.78, 5) is 21.5. The van der Waals surface area contributed by atoms with Crippen molar-refractivity contribution in [2.75, 3.05) is 9.44 Å². The van der Waals surface area contributed by atoms with Gasteiger partial charge in [0.1, 0.15) is 11.4 Å². The number of carbonyl (C=O) groups is 1. The average Bonchev–Trinajstić information content (AvgIpc) is 3.64. The Morgan fingerprint density at radius 1 is 0.911 bits per heavy atom. The largest absolute Gasteiger partial charge is 0.512 e. The maximum absolute atomic E-state index is 13.6. The van der Waals surface area contributed by atoms with E-state index in [0.717, 1.165) is 0 Å². The van der Waals surface area contributed by atoms with Gasteiger partial charge in [0.15, 0.2) is 10.1 Å². The first-order chi connectivity index (χ1) is 21.3. The van der Waals surface area contributed by atoms with Crippen LogP contribution in [0.15, 0.2) is 95.0 Å². The Balaban J connectivity index is 1.42. The number of sulfonamides is 2.